The van der Waals surface area contributed by atoms with Crippen LogP contribution in [0.15, 0.2) is 46.7 Å². The molecule has 0 amide bonds. The van der Waals surface area contributed by atoms with Gasteiger partial charge in [0.05, 0.1) is 11.8 Å². The normalized spacial score (nSPS) is 15.7. The summed E-state index contributed by atoms with van der Waals surface area (Å²) in [5.41, 5.74) is 5.28. The summed E-state index contributed by atoms with van der Waals surface area (Å²) in [7, 11) is 0. The number of nitrogens with zero attached hydrogens (tertiary/aromatic N) is 1. The molecule has 0 unspecified atom stereocenters. The standard InChI is InChI=1S/C23H26N2O2/c1-22(2,3)14-7-9-18-16(11-14)24-20(26-18)13-21-25-17-12-15(23(4,5)6)8-10-19(17)27-21/h7-13,24H,1-6H3. The number of oxazole rings is 1. The molecular weight excluding hydrogens is 336 g/mol. The third-order valence-electron chi connectivity index (χ3n) is 4.85. The van der Waals surface area contributed by atoms with Crippen molar-refractivity contribution in [2.24, 2.45) is 0 Å². The van der Waals surface area contributed by atoms with E-state index < -0.39 is 0 Å². The summed E-state index contributed by atoms with van der Waals surface area (Å²) in [6, 6.07) is 12.4. The van der Waals surface area contributed by atoms with E-state index >= 15 is 0 Å². The first kappa shape index (κ1) is 17.7. The van der Waals surface area contributed by atoms with Gasteiger partial charge in [0.2, 0.25) is 11.8 Å². The molecule has 1 N–H and O–H groups in total. The molecule has 0 fully saturated rings. The molecule has 27 heavy (non-hydrogen) atoms. The molecule has 4 heteroatoms. The Bertz CT molecular complexity index is 1050. The highest BCUT2D eigenvalue weighted by Crippen LogP contribution is 2.37. The van der Waals surface area contributed by atoms with Gasteiger partial charge in [-0.3, -0.25) is 0 Å². The van der Waals surface area contributed by atoms with Gasteiger partial charge in [0.15, 0.2) is 11.3 Å². The Morgan fingerprint density at radius 3 is 2.26 bits per heavy atom. The monoisotopic (exact) mass is 362 g/mol. The fourth-order valence-corrected chi connectivity index (χ4v) is 3.11. The molecule has 2 heterocycles. The van der Waals surface area contributed by atoms with Crippen molar-refractivity contribution in [3.8, 4) is 5.75 Å². The summed E-state index contributed by atoms with van der Waals surface area (Å²) < 4.78 is 11.8. The molecule has 1 aliphatic heterocycles. The van der Waals surface area contributed by atoms with Crippen molar-refractivity contribution in [1.29, 1.82) is 0 Å². The molecular formula is C23H26N2O2. The molecule has 0 aliphatic carbocycles. The van der Waals surface area contributed by atoms with E-state index in [0.717, 1.165) is 22.5 Å². The highest BCUT2D eigenvalue weighted by atomic mass is 16.5. The van der Waals surface area contributed by atoms with E-state index in [1.54, 1.807) is 6.08 Å². The average molecular weight is 362 g/mol. The lowest BCUT2D eigenvalue weighted by atomic mass is 9.87. The van der Waals surface area contributed by atoms with Crippen molar-refractivity contribution in [3.63, 3.8) is 0 Å². The molecule has 0 atom stereocenters. The number of ether oxygens (including phenoxy) is 1. The summed E-state index contributed by atoms with van der Waals surface area (Å²) in [5, 5.41) is 3.31. The largest absolute Gasteiger partial charge is 0.439 e. The fourth-order valence-electron chi connectivity index (χ4n) is 3.11. The Morgan fingerprint density at radius 1 is 0.889 bits per heavy atom. The summed E-state index contributed by atoms with van der Waals surface area (Å²) in [6.07, 6.45) is 1.80. The van der Waals surface area contributed by atoms with Crippen LogP contribution in [0.5, 0.6) is 5.75 Å². The third kappa shape index (κ3) is 3.44. The van der Waals surface area contributed by atoms with Crippen LogP contribution in [0.25, 0.3) is 17.2 Å². The van der Waals surface area contributed by atoms with Gasteiger partial charge in [-0.25, -0.2) is 4.98 Å². The molecule has 0 bridgehead atoms. The van der Waals surface area contributed by atoms with Crippen LogP contribution in [-0.4, -0.2) is 4.98 Å². The van der Waals surface area contributed by atoms with Crippen molar-refractivity contribution in [2.75, 3.05) is 5.32 Å². The van der Waals surface area contributed by atoms with Gasteiger partial charge in [-0.2, -0.15) is 0 Å². The molecule has 2 aromatic carbocycles. The summed E-state index contributed by atoms with van der Waals surface area (Å²) >= 11 is 0. The Kier molecular flexibility index (Phi) is 3.84. The number of hydrogen-bond donors (Lipinski definition) is 1. The maximum atomic E-state index is 5.90. The number of rotatable bonds is 1. The van der Waals surface area contributed by atoms with Crippen LogP contribution in [0.1, 0.15) is 58.6 Å². The van der Waals surface area contributed by atoms with Gasteiger partial charge in [0, 0.05) is 0 Å². The molecule has 3 aromatic rings. The molecule has 140 valence electrons. The van der Waals surface area contributed by atoms with E-state index in [2.05, 4.69) is 76.1 Å². The number of hydrogen-bond acceptors (Lipinski definition) is 4. The lowest BCUT2D eigenvalue weighted by molar-refractivity contribution is 0.459. The van der Waals surface area contributed by atoms with E-state index in [1.165, 1.54) is 11.1 Å². The number of aromatic nitrogens is 1. The average Bonchev–Trinajstić information content (AvgIpc) is 3.14. The van der Waals surface area contributed by atoms with Crippen molar-refractivity contribution in [1.82, 2.24) is 4.98 Å². The zero-order valence-electron chi connectivity index (χ0n) is 16.8. The summed E-state index contributed by atoms with van der Waals surface area (Å²) in [4.78, 5) is 4.61. The predicted molar refractivity (Wildman–Crippen MR) is 110 cm³/mol. The molecule has 0 spiro atoms. The van der Waals surface area contributed by atoms with Crippen molar-refractivity contribution < 1.29 is 9.15 Å². The second-order valence-corrected chi connectivity index (χ2v) is 9.18. The van der Waals surface area contributed by atoms with Crippen LogP contribution < -0.4 is 10.1 Å². The van der Waals surface area contributed by atoms with E-state index in [-0.39, 0.29) is 10.8 Å². The van der Waals surface area contributed by atoms with Crippen LogP contribution in [0.2, 0.25) is 0 Å². The second kappa shape index (κ2) is 5.88. The second-order valence-electron chi connectivity index (χ2n) is 9.18. The molecule has 4 rings (SSSR count). The van der Waals surface area contributed by atoms with Crippen molar-refractivity contribution in [2.45, 2.75) is 52.4 Å². The quantitative estimate of drug-likeness (QED) is 0.558. The first-order valence-electron chi connectivity index (χ1n) is 9.32. The van der Waals surface area contributed by atoms with Gasteiger partial charge in [0.1, 0.15) is 5.52 Å². The summed E-state index contributed by atoms with van der Waals surface area (Å²) in [6.45, 7) is 13.2. The minimum Gasteiger partial charge on any atom is -0.439 e. The van der Waals surface area contributed by atoms with Crippen LogP contribution in [-0.2, 0) is 10.8 Å². The van der Waals surface area contributed by atoms with Crippen LogP contribution in [0.3, 0.4) is 0 Å². The van der Waals surface area contributed by atoms with Gasteiger partial charge in [0.25, 0.3) is 0 Å². The first-order valence-corrected chi connectivity index (χ1v) is 9.32. The molecule has 1 aliphatic rings. The smallest absolute Gasteiger partial charge is 0.225 e. The van der Waals surface area contributed by atoms with Gasteiger partial charge in [-0.15, -0.1) is 0 Å². The fraction of sp³-hybridized carbons (Fsp3) is 0.348. The first-order chi connectivity index (χ1) is 12.6. The lowest BCUT2D eigenvalue weighted by Gasteiger charge is -2.19. The highest BCUT2D eigenvalue weighted by Gasteiger charge is 2.22. The zero-order chi connectivity index (χ0) is 19.4. The number of nitrogens with one attached hydrogen (secondary N) is 1. The van der Waals surface area contributed by atoms with Crippen molar-refractivity contribution >= 4 is 22.9 Å². The van der Waals surface area contributed by atoms with E-state index in [9.17, 15) is 0 Å². The molecule has 0 saturated carbocycles. The van der Waals surface area contributed by atoms with E-state index in [1.807, 2.05) is 12.1 Å². The maximum absolute atomic E-state index is 5.90. The zero-order valence-corrected chi connectivity index (χ0v) is 16.8. The number of benzene rings is 2. The van der Waals surface area contributed by atoms with Crippen molar-refractivity contribution in [3.05, 3.63) is 59.3 Å². The van der Waals surface area contributed by atoms with Crippen LogP contribution in [0, 0.1) is 0 Å². The van der Waals surface area contributed by atoms with Gasteiger partial charge in [-0.05, 0) is 46.2 Å². The van der Waals surface area contributed by atoms with Crippen LogP contribution >= 0.6 is 0 Å². The molecule has 0 saturated heterocycles. The number of fused-ring (bicyclic) bond motifs is 2. The molecule has 0 radical (unpaired) electrons. The Balaban J connectivity index is 1.62. The molecule has 1 aromatic heterocycles. The van der Waals surface area contributed by atoms with Gasteiger partial charge >= 0.3 is 0 Å². The SMILES string of the molecule is CC(C)(C)c1ccc2c(c1)NC(=Cc1nc3cc(C(C)(C)C)ccc3o1)O2. The Morgan fingerprint density at radius 2 is 1.56 bits per heavy atom. The predicted octanol–water partition coefficient (Wildman–Crippen LogP) is 6.23. The van der Waals surface area contributed by atoms with Gasteiger partial charge < -0.3 is 14.5 Å². The Labute approximate surface area is 160 Å². The van der Waals surface area contributed by atoms with E-state index in [0.29, 0.717) is 11.8 Å². The minimum atomic E-state index is 0.0777. The van der Waals surface area contributed by atoms with E-state index in [4.69, 9.17) is 9.15 Å². The molecule has 4 nitrogen and oxygen atoms in total. The minimum absolute atomic E-state index is 0.0777. The van der Waals surface area contributed by atoms with Crippen LogP contribution in [0.4, 0.5) is 5.69 Å². The topological polar surface area (TPSA) is 47.3 Å². The third-order valence-corrected chi connectivity index (χ3v) is 4.85. The summed E-state index contributed by atoms with van der Waals surface area (Å²) in [5.74, 6) is 1.97. The number of anilines is 1. The lowest BCUT2D eigenvalue weighted by Crippen LogP contribution is -2.10. The Hall–Kier alpha value is -2.75. The highest BCUT2D eigenvalue weighted by molar-refractivity contribution is 5.76. The van der Waals surface area contributed by atoms with Gasteiger partial charge in [-0.1, -0.05) is 53.7 Å². The maximum Gasteiger partial charge on any atom is 0.225 e.